The number of hydrogen-bond acceptors (Lipinski definition) is 3. The number of hydrogen-bond donors (Lipinski definition) is 1. The molecule has 0 aliphatic rings. The molecule has 0 aliphatic carbocycles. The molecule has 0 radical (unpaired) electrons. The highest BCUT2D eigenvalue weighted by Gasteiger charge is 2.22. The first-order valence-corrected chi connectivity index (χ1v) is 10.3. The van der Waals surface area contributed by atoms with E-state index in [1.165, 1.54) is 19.2 Å². The van der Waals surface area contributed by atoms with Crippen molar-refractivity contribution in [2.45, 2.75) is 6.92 Å². The lowest BCUT2D eigenvalue weighted by molar-refractivity contribution is 0.460. The summed E-state index contributed by atoms with van der Waals surface area (Å²) in [5, 5.41) is 14.7. The zero-order valence-corrected chi connectivity index (χ0v) is 18.3. The number of aryl methyl sites for hydroxylation is 2. The molecule has 4 aromatic rings. The van der Waals surface area contributed by atoms with E-state index >= 15 is 0 Å². The molecule has 160 valence electrons. The van der Waals surface area contributed by atoms with Crippen LogP contribution in [0, 0.1) is 12.7 Å². The Hall–Kier alpha value is -3.70. The van der Waals surface area contributed by atoms with Crippen molar-refractivity contribution < 1.29 is 9.50 Å². The second-order valence-corrected chi connectivity index (χ2v) is 7.78. The average Bonchev–Trinajstić information content (AvgIpc) is 2.80. The van der Waals surface area contributed by atoms with Crippen molar-refractivity contribution in [3.63, 3.8) is 0 Å². The minimum absolute atomic E-state index is 0.0572. The topological polar surface area (TPSA) is 55.1 Å². The maximum absolute atomic E-state index is 14.9. The molecule has 6 heteroatoms. The predicted molar refractivity (Wildman–Crippen MR) is 127 cm³/mol. The van der Waals surface area contributed by atoms with Crippen LogP contribution in [0.25, 0.3) is 34.4 Å². The van der Waals surface area contributed by atoms with Crippen LogP contribution in [0.1, 0.15) is 16.8 Å². The van der Waals surface area contributed by atoms with Crippen LogP contribution in [-0.2, 0) is 7.05 Å². The van der Waals surface area contributed by atoms with Crippen LogP contribution in [0.4, 0.5) is 4.39 Å². The van der Waals surface area contributed by atoms with E-state index in [2.05, 4.69) is 5.10 Å². The molecule has 4 rings (SSSR count). The van der Waals surface area contributed by atoms with E-state index in [0.717, 1.165) is 21.4 Å². The summed E-state index contributed by atoms with van der Waals surface area (Å²) in [4.78, 5) is 12.7. The molecule has 0 spiro atoms. The SMILES string of the molecule is Cc1nn(C)c(=O)c(-c2c(F)ccc(Cl)c2/C=C/c2ccc(-c3ccccc3)cc2)c1O. The van der Waals surface area contributed by atoms with Crippen molar-refractivity contribution in [2.75, 3.05) is 0 Å². The minimum Gasteiger partial charge on any atom is -0.505 e. The van der Waals surface area contributed by atoms with Crippen molar-refractivity contribution >= 4 is 23.8 Å². The Labute approximate surface area is 189 Å². The van der Waals surface area contributed by atoms with Gasteiger partial charge in [-0.3, -0.25) is 4.79 Å². The minimum atomic E-state index is -0.661. The van der Waals surface area contributed by atoms with Crippen LogP contribution < -0.4 is 5.56 Å². The summed E-state index contributed by atoms with van der Waals surface area (Å²) >= 11 is 6.38. The Bertz CT molecular complexity index is 1380. The second kappa shape index (κ2) is 8.81. The first-order valence-electron chi connectivity index (χ1n) is 9.95. The van der Waals surface area contributed by atoms with E-state index in [9.17, 15) is 14.3 Å². The van der Waals surface area contributed by atoms with Crippen LogP contribution in [0.5, 0.6) is 5.75 Å². The highest BCUT2D eigenvalue weighted by molar-refractivity contribution is 6.32. The molecule has 0 atom stereocenters. The number of benzene rings is 3. The number of nitrogens with zero attached hydrogens (tertiary/aromatic N) is 2. The van der Waals surface area contributed by atoms with Crippen LogP contribution in [-0.4, -0.2) is 14.9 Å². The molecule has 0 amide bonds. The molecule has 32 heavy (non-hydrogen) atoms. The third-order valence-electron chi connectivity index (χ3n) is 5.24. The first kappa shape index (κ1) is 21.5. The average molecular weight is 447 g/mol. The number of aromatic hydroxyl groups is 1. The van der Waals surface area contributed by atoms with E-state index in [0.29, 0.717) is 5.56 Å². The summed E-state index contributed by atoms with van der Waals surface area (Å²) in [6, 6.07) is 20.5. The molecular formula is C26H20ClFN2O2. The molecule has 0 saturated heterocycles. The molecule has 0 fully saturated rings. The Morgan fingerprint density at radius 1 is 0.938 bits per heavy atom. The van der Waals surface area contributed by atoms with Gasteiger partial charge in [0.05, 0.1) is 5.56 Å². The lowest BCUT2D eigenvalue weighted by Gasteiger charge is -2.13. The summed E-state index contributed by atoms with van der Waals surface area (Å²) in [6.45, 7) is 1.55. The van der Waals surface area contributed by atoms with Crippen molar-refractivity contribution in [1.29, 1.82) is 0 Å². The van der Waals surface area contributed by atoms with Crippen molar-refractivity contribution in [1.82, 2.24) is 9.78 Å². The van der Waals surface area contributed by atoms with Gasteiger partial charge in [-0.2, -0.15) is 5.10 Å². The third-order valence-corrected chi connectivity index (χ3v) is 5.57. The van der Waals surface area contributed by atoms with Gasteiger partial charge in [0, 0.05) is 23.2 Å². The molecule has 1 aromatic heterocycles. The summed E-state index contributed by atoms with van der Waals surface area (Å²) in [6.07, 6.45) is 3.43. The highest BCUT2D eigenvalue weighted by Crippen LogP contribution is 2.36. The van der Waals surface area contributed by atoms with E-state index < -0.39 is 11.4 Å². The van der Waals surface area contributed by atoms with Crippen LogP contribution in [0.2, 0.25) is 5.02 Å². The van der Waals surface area contributed by atoms with Crippen molar-refractivity contribution in [3.8, 4) is 28.0 Å². The van der Waals surface area contributed by atoms with Gasteiger partial charge in [-0.1, -0.05) is 78.4 Å². The Morgan fingerprint density at radius 2 is 1.59 bits per heavy atom. The zero-order chi connectivity index (χ0) is 22.8. The second-order valence-electron chi connectivity index (χ2n) is 7.38. The van der Waals surface area contributed by atoms with Gasteiger partial charge in [0.25, 0.3) is 5.56 Å². The fourth-order valence-electron chi connectivity index (χ4n) is 3.57. The third kappa shape index (κ3) is 4.07. The summed E-state index contributed by atoms with van der Waals surface area (Å²) in [5.41, 5.74) is 2.74. The number of rotatable bonds is 4. The van der Waals surface area contributed by atoms with Crippen molar-refractivity contribution in [3.05, 3.63) is 105 Å². The van der Waals surface area contributed by atoms with E-state index in [-0.39, 0.29) is 27.6 Å². The molecule has 0 bridgehead atoms. The number of aromatic nitrogens is 2. The van der Waals surface area contributed by atoms with E-state index in [1.807, 2.05) is 54.6 Å². The van der Waals surface area contributed by atoms with E-state index in [4.69, 9.17) is 11.6 Å². The van der Waals surface area contributed by atoms with Gasteiger partial charge in [-0.05, 0) is 35.7 Å². The van der Waals surface area contributed by atoms with Crippen LogP contribution in [0.3, 0.4) is 0 Å². The lowest BCUT2D eigenvalue weighted by atomic mass is 9.97. The molecule has 1 N–H and O–H groups in total. The normalized spacial score (nSPS) is 11.2. The van der Waals surface area contributed by atoms with E-state index in [1.54, 1.807) is 19.1 Å². The standard InChI is InChI=1S/C26H20ClFN2O2/c1-16-25(31)24(26(32)30(2)29-16)23-20(21(27)14-15-22(23)28)13-10-17-8-11-19(12-9-17)18-6-4-3-5-7-18/h3-15,31H,1-2H3/b13-10+. The van der Waals surface area contributed by atoms with Gasteiger partial charge in [-0.15, -0.1) is 0 Å². The summed E-state index contributed by atoms with van der Waals surface area (Å²) in [5.74, 6) is -1.03. The predicted octanol–water partition coefficient (Wildman–Crippen LogP) is 6.09. The Balaban J connectivity index is 1.79. The van der Waals surface area contributed by atoms with Gasteiger partial charge in [0.2, 0.25) is 0 Å². The fourth-order valence-corrected chi connectivity index (χ4v) is 3.79. The molecule has 4 nitrogen and oxygen atoms in total. The quantitative estimate of drug-likeness (QED) is 0.386. The van der Waals surface area contributed by atoms with Crippen molar-refractivity contribution in [2.24, 2.45) is 7.05 Å². The van der Waals surface area contributed by atoms with Crippen LogP contribution >= 0.6 is 11.6 Å². The summed E-state index contributed by atoms with van der Waals surface area (Å²) in [7, 11) is 1.45. The molecule has 1 heterocycles. The van der Waals surface area contributed by atoms with Gasteiger partial charge >= 0.3 is 0 Å². The first-order chi connectivity index (χ1) is 15.4. The molecular weight excluding hydrogens is 427 g/mol. The van der Waals surface area contributed by atoms with Gasteiger partial charge in [-0.25, -0.2) is 9.07 Å². The zero-order valence-electron chi connectivity index (χ0n) is 17.5. The monoisotopic (exact) mass is 446 g/mol. The van der Waals surface area contributed by atoms with Crippen LogP contribution in [0.15, 0.2) is 71.5 Å². The summed E-state index contributed by atoms with van der Waals surface area (Å²) < 4.78 is 16.0. The molecule has 3 aromatic carbocycles. The Kier molecular flexibility index (Phi) is 5.93. The molecule has 0 saturated carbocycles. The maximum Gasteiger partial charge on any atom is 0.278 e. The fraction of sp³-hybridized carbons (Fsp3) is 0.0769. The molecule has 0 aliphatic heterocycles. The Morgan fingerprint density at radius 3 is 2.28 bits per heavy atom. The lowest BCUT2D eigenvalue weighted by Crippen LogP contribution is -2.23. The largest absolute Gasteiger partial charge is 0.505 e. The van der Waals surface area contributed by atoms with Gasteiger partial charge < -0.3 is 5.11 Å². The maximum atomic E-state index is 14.9. The molecule has 0 unspecified atom stereocenters. The van der Waals surface area contributed by atoms with Gasteiger partial charge in [0.15, 0.2) is 5.75 Å². The van der Waals surface area contributed by atoms with Gasteiger partial charge in [0.1, 0.15) is 11.5 Å². The number of halogens is 2. The highest BCUT2D eigenvalue weighted by atomic mass is 35.5. The smallest absolute Gasteiger partial charge is 0.278 e.